The van der Waals surface area contributed by atoms with Gasteiger partial charge in [-0.1, -0.05) is 13.8 Å². The van der Waals surface area contributed by atoms with E-state index in [0.29, 0.717) is 13.5 Å². The van der Waals surface area contributed by atoms with E-state index in [-0.39, 0.29) is 5.92 Å². The molecule has 2 unspecified atom stereocenters. The van der Waals surface area contributed by atoms with Crippen molar-refractivity contribution in [2.45, 2.75) is 38.5 Å². The highest BCUT2D eigenvalue weighted by Gasteiger charge is 2.58. The molecule has 0 aliphatic carbocycles. The van der Waals surface area contributed by atoms with E-state index >= 15 is 0 Å². The third-order valence-corrected chi connectivity index (χ3v) is 3.04. The van der Waals surface area contributed by atoms with Crippen LogP contribution >= 0.6 is 0 Å². The number of aliphatic carboxylic acids is 1. The molecule has 2 atom stereocenters. The van der Waals surface area contributed by atoms with Crippen LogP contribution in [0.5, 0.6) is 0 Å². The van der Waals surface area contributed by atoms with Gasteiger partial charge >= 0.3 is 18.2 Å². The van der Waals surface area contributed by atoms with Crippen molar-refractivity contribution >= 4 is 12.0 Å². The van der Waals surface area contributed by atoms with Crippen LogP contribution in [0.4, 0.5) is 18.0 Å². The van der Waals surface area contributed by atoms with Gasteiger partial charge in [-0.05, 0) is 26.9 Å². The average molecular weight is 313 g/mol. The first-order valence-corrected chi connectivity index (χ1v) is 6.34. The maximum absolute atomic E-state index is 12.8. The average Bonchev–Trinajstić information content (AvgIpc) is 2.25. The van der Waals surface area contributed by atoms with Gasteiger partial charge in [-0.15, -0.1) is 0 Å². The number of carboxylic acids is 1. The SMILES string of the molecule is CC(C)C(CN(C)C)NC(=O)NC(C)(C(=O)O)C(F)(F)F. The van der Waals surface area contributed by atoms with Crippen molar-refractivity contribution in [2.75, 3.05) is 20.6 Å². The fraction of sp³-hybridized carbons (Fsp3) is 0.833. The Morgan fingerprint density at radius 2 is 1.71 bits per heavy atom. The minimum atomic E-state index is -5.11. The molecule has 0 aromatic rings. The molecule has 0 bridgehead atoms. The lowest BCUT2D eigenvalue weighted by atomic mass is 10.0. The number of urea groups is 1. The molecule has 0 radical (unpaired) electrons. The molecule has 21 heavy (non-hydrogen) atoms. The van der Waals surface area contributed by atoms with E-state index in [1.807, 2.05) is 0 Å². The number of likely N-dealkylation sites (N-methyl/N-ethyl adjacent to an activating group) is 1. The quantitative estimate of drug-likeness (QED) is 0.690. The summed E-state index contributed by atoms with van der Waals surface area (Å²) in [5.74, 6) is -2.20. The van der Waals surface area contributed by atoms with E-state index in [1.54, 1.807) is 32.8 Å². The lowest BCUT2D eigenvalue weighted by Gasteiger charge is -2.31. The summed E-state index contributed by atoms with van der Waals surface area (Å²) < 4.78 is 38.4. The first kappa shape index (κ1) is 19.5. The van der Waals surface area contributed by atoms with Crippen LogP contribution < -0.4 is 10.6 Å². The van der Waals surface area contributed by atoms with Gasteiger partial charge in [0.2, 0.25) is 5.54 Å². The van der Waals surface area contributed by atoms with Crippen LogP contribution in [0.3, 0.4) is 0 Å². The predicted molar refractivity (Wildman–Crippen MR) is 70.9 cm³/mol. The third-order valence-electron chi connectivity index (χ3n) is 3.04. The van der Waals surface area contributed by atoms with Gasteiger partial charge in [-0.25, -0.2) is 9.59 Å². The number of halogens is 3. The first-order chi connectivity index (χ1) is 9.31. The number of rotatable bonds is 6. The molecule has 0 heterocycles. The fourth-order valence-electron chi connectivity index (χ4n) is 1.49. The second-order valence-electron chi connectivity index (χ2n) is 5.64. The van der Waals surface area contributed by atoms with Crippen molar-refractivity contribution < 1.29 is 27.9 Å². The van der Waals surface area contributed by atoms with Gasteiger partial charge in [0.05, 0.1) is 0 Å². The lowest BCUT2D eigenvalue weighted by Crippen LogP contribution is -2.65. The van der Waals surface area contributed by atoms with Gasteiger partial charge in [0.1, 0.15) is 0 Å². The number of carboxylic acid groups (broad SMARTS) is 1. The molecule has 124 valence electrons. The molecule has 0 spiro atoms. The summed E-state index contributed by atoms with van der Waals surface area (Å²) in [4.78, 5) is 24.3. The van der Waals surface area contributed by atoms with Gasteiger partial charge in [0.15, 0.2) is 0 Å². The Labute approximate surface area is 121 Å². The van der Waals surface area contributed by atoms with Gasteiger partial charge < -0.3 is 20.6 Å². The zero-order chi connectivity index (χ0) is 17.0. The largest absolute Gasteiger partial charge is 0.479 e. The van der Waals surface area contributed by atoms with Gasteiger partial charge in [0.25, 0.3) is 0 Å². The summed E-state index contributed by atoms with van der Waals surface area (Å²) in [7, 11) is 3.51. The van der Waals surface area contributed by atoms with Crippen molar-refractivity contribution in [2.24, 2.45) is 5.92 Å². The van der Waals surface area contributed by atoms with E-state index in [9.17, 15) is 22.8 Å². The van der Waals surface area contributed by atoms with Crippen molar-refractivity contribution in [3.05, 3.63) is 0 Å². The van der Waals surface area contributed by atoms with Gasteiger partial charge in [-0.3, -0.25) is 0 Å². The Balaban J connectivity index is 4.98. The van der Waals surface area contributed by atoms with Crippen molar-refractivity contribution in [1.82, 2.24) is 15.5 Å². The highest BCUT2D eigenvalue weighted by Crippen LogP contribution is 2.30. The smallest absolute Gasteiger partial charge is 0.422 e. The zero-order valence-corrected chi connectivity index (χ0v) is 12.7. The van der Waals surface area contributed by atoms with Crippen LogP contribution in [0.25, 0.3) is 0 Å². The minimum Gasteiger partial charge on any atom is -0.479 e. The standard InChI is InChI=1S/C12H22F3N3O3/c1-7(2)8(6-18(4)5)16-10(21)17-11(3,9(19)20)12(13,14)15/h7-8H,6H2,1-5H3,(H,19,20)(H2,16,17,21). The van der Waals surface area contributed by atoms with E-state index in [1.165, 1.54) is 5.32 Å². The normalized spacial score (nSPS) is 16.5. The van der Waals surface area contributed by atoms with E-state index in [0.717, 1.165) is 0 Å². The summed E-state index contributed by atoms with van der Waals surface area (Å²) in [5, 5.41) is 12.6. The number of hydrogen-bond donors (Lipinski definition) is 3. The number of amides is 2. The molecular weight excluding hydrogens is 291 g/mol. The molecule has 0 aromatic heterocycles. The molecule has 0 aliphatic heterocycles. The first-order valence-electron chi connectivity index (χ1n) is 6.34. The van der Waals surface area contributed by atoms with Gasteiger partial charge in [0, 0.05) is 12.6 Å². The van der Waals surface area contributed by atoms with Crippen LogP contribution in [0, 0.1) is 5.92 Å². The monoisotopic (exact) mass is 313 g/mol. The highest BCUT2D eigenvalue weighted by molar-refractivity contribution is 5.86. The van der Waals surface area contributed by atoms with Crippen molar-refractivity contribution in [3.63, 3.8) is 0 Å². The Hall–Kier alpha value is -1.51. The van der Waals surface area contributed by atoms with Crippen LogP contribution in [-0.2, 0) is 4.79 Å². The summed E-state index contributed by atoms with van der Waals surface area (Å²) in [6.07, 6.45) is -5.11. The zero-order valence-electron chi connectivity index (χ0n) is 12.7. The summed E-state index contributed by atoms with van der Waals surface area (Å²) in [6, 6.07) is -1.58. The van der Waals surface area contributed by atoms with Crippen molar-refractivity contribution in [3.8, 4) is 0 Å². The number of nitrogens with zero attached hydrogens (tertiary/aromatic N) is 1. The molecule has 6 nitrogen and oxygen atoms in total. The highest BCUT2D eigenvalue weighted by atomic mass is 19.4. The molecule has 9 heteroatoms. The molecule has 0 aliphatic rings. The Bertz CT molecular complexity index is 386. The second kappa shape index (κ2) is 6.97. The van der Waals surface area contributed by atoms with E-state index in [4.69, 9.17) is 5.11 Å². The van der Waals surface area contributed by atoms with Crippen molar-refractivity contribution in [1.29, 1.82) is 0 Å². The minimum absolute atomic E-state index is 0.0277. The number of carbonyl (C=O) groups excluding carboxylic acids is 1. The molecule has 0 saturated carbocycles. The van der Waals surface area contributed by atoms with E-state index < -0.39 is 29.8 Å². The van der Waals surface area contributed by atoms with Crippen LogP contribution in [0.1, 0.15) is 20.8 Å². The summed E-state index contributed by atoms with van der Waals surface area (Å²) in [6.45, 7) is 4.43. The predicted octanol–water partition coefficient (Wildman–Crippen LogP) is 1.28. The Kier molecular flexibility index (Phi) is 6.47. The fourth-order valence-corrected chi connectivity index (χ4v) is 1.49. The summed E-state index contributed by atoms with van der Waals surface area (Å²) in [5.41, 5.74) is -3.34. The number of hydrogen-bond acceptors (Lipinski definition) is 3. The molecule has 0 saturated heterocycles. The number of nitrogens with one attached hydrogen (secondary N) is 2. The Morgan fingerprint density at radius 3 is 2.00 bits per heavy atom. The number of alkyl halides is 3. The van der Waals surface area contributed by atoms with Crippen LogP contribution in [0.15, 0.2) is 0 Å². The molecule has 0 fully saturated rings. The maximum Gasteiger partial charge on any atom is 0.422 e. The maximum atomic E-state index is 12.8. The van der Waals surface area contributed by atoms with Crippen LogP contribution in [-0.4, -0.2) is 60.4 Å². The van der Waals surface area contributed by atoms with Crippen LogP contribution in [0.2, 0.25) is 0 Å². The van der Waals surface area contributed by atoms with E-state index in [2.05, 4.69) is 5.32 Å². The number of carbonyl (C=O) groups is 2. The Morgan fingerprint density at radius 1 is 1.24 bits per heavy atom. The molecule has 3 N–H and O–H groups in total. The topological polar surface area (TPSA) is 81.7 Å². The third kappa shape index (κ3) is 5.41. The van der Waals surface area contributed by atoms with Gasteiger partial charge in [-0.2, -0.15) is 13.2 Å². The second-order valence-corrected chi connectivity index (χ2v) is 5.64. The molecule has 2 amide bonds. The summed E-state index contributed by atoms with van der Waals surface area (Å²) >= 11 is 0. The molecular formula is C12H22F3N3O3. The molecule has 0 rings (SSSR count). The lowest BCUT2D eigenvalue weighted by molar-refractivity contribution is -0.203. The molecule has 0 aromatic carbocycles.